The van der Waals surface area contributed by atoms with E-state index < -0.39 is 0 Å². The number of methoxy groups -OCH3 is 1. The fourth-order valence-corrected chi connectivity index (χ4v) is 1.29. The van der Waals surface area contributed by atoms with Gasteiger partial charge < -0.3 is 14.8 Å². The van der Waals surface area contributed by atoms with Gasteiger partial charge in [0.2, 0.25) is 5.91 Å². The molecule has 0 aliphatic carbocycles. The van der Waals surface area contributed by atoms with Crippen LogP contribution in [0.3, 0.4) is 0 Å². The van der Waals surface area contributed by atoms with Crippen molar-refractivity contribution in [2.24, 2.45) is 0 Å². The van der Waals surface area contributed by atoms with Crippen molar-refractivity contribution < 1.29 is 14.3 Å². The van der Waals surface area contributed by atoms with E-state index in [1.54, 1.807) is 7.11 Å². The zero-order chi connectivity index (χ0) is 11.5. The molecular weight excluding hydrogens is 218 g/mol. The lowest BCUT2D eigenvalue weighted by molar-refractivity contribution is -0.126. The smallest absolute Gasteiger partial charge is 0.246 e. The molecule has 0 fully saturated rings. The number of alkyl halides is 1. The maximum atomic E-state index is 11.2. The van der Waals surface area contributed by atoms with E-state index >= 15 is 0 Å². The third-order valence-corrected chi connectivity index (χ3v) is 2.16. The molecule has 90 valence electrons. The number of hydrogen-bond donors (Lipinski definition) is 1. The van der Waals surface area contributed by atoms with Crippen molar-refractivity contribution in [2.45, 2.75) is 25.1 Å². The fraction of sp³-hybridized carbons (Fsp3) is 0.900. The van der Waals surface area contributed by atoms with Gasteiger partial charge in [0, 0.05) is 13.7 Å². The summed E-state index contributed by atoms with van der Waals surface area (Å²) in [5.41, 5.74) is 0. The number of ether oxygens (including phenoxy) is 2. The summed E-state index contributed by atoms with van der Waals surface area (Å²) in [4.78, 5) is 11.2. The first-order chi connectivity index (χ1) is 7.20. The van der Waals surface area contributed by atoms with Gasteiger partial charge in [0.1, 0.15) is 6.61 Å². The van der Waals surface area contributed by atoms with Crippen LogP contribution in [0.2, 0.25) is 0 Å². The average molecular weight is 238 g/mol. The molecule has 0 radical (unpaired) electrons. The van der Waals surface area contributed by atoms with Crippen molar-refractivity contribution in [3.05, 3.63) is 0 Å². The molecule has 0 saturated heterocycles. The quantitative estimate of drug-likeness (QED) is 0.484. The Morgan fingerprint density at radius 2 is 2.20 bits per heavy atom. The molecule has 0 aliphatic rings. The van der Waals surface area contributed by atoms with E-state index in [1.165, 1.54) is 0 Å². The van der Waals surface area contributed by atoms with Crippen LogP contribution in [0.25, 0.3) is 0 Å². The number of amides is 1. The van der Waals surface area contributed by atoms with Gasteiger partial charge in [-0.3, -0.25) is 4.79 Å². The van der Waals surface area contributed by atoms with Gasteiger partial charge in [-0.25, -0.2) is 0 Å². The summed E-state index contributed by atoms with van der Waals surface area (Å²) in [6.07, 6.45) is 1.93. The number of halogens is 1. The SMILES string of the molecule is CCCC(Cl)CNC(=O)COCCOC. The second kappa shape index (κ2) is 10.2. The van der Waals surface area contributed by atoms with Crippen molar-refractivity contribution in [1.82, 2.24) is 5.32 Å². The molecule has 1 N–H and O–H groups in total. The maximum absolute atomic E-state index is 11.2. The lowest BCUT2D eigenvalue weighted by Crippen LogP contribution is -2.32. The highest BCUT2D eigenvalue weighted by molar-refractivity contribution is 6.20. The van der Waals surface area contributed by atoms with Crippen LogP contribution >= 0.6 is 11.6 Å². The van der Waals surface area contributed by atoms with Crippen LogP contribution < -0.4 is 5.32 Å². The molecule has 0 heterocycles. The molecule has 0 bridgehead atoms. The molecule has 0 aromatic rings. The standard InChI is InChI=1S/C10H20ClNO3/c1-3-4-9(11)7-12-10(13)8-15-6-5-14-2/h9H,3-8H2,1-2H3,(H,12,13). The molecule has 1 atom stereocenters. The Morgan fingerprint density at radius 1 is 1.47 bits per heavy atom. The van der Waals surface area contributed by atoms with E-state index in [4.69, 9.17) is 21.1 Å². The highest BCUT2D eigenvalue weighted by Crippen LogP contribution is 2.02. The molecule has 4 nitrogen and oxygen atoms in total. The summed E-state index contributed by atoms with van der Waals surface area (Å²) in [5, 5.41) is 2.72. The van der Waals surface area contributed by atoms with Gasteiger partial charge in [0.05, 0.1) is 18.6 Å². The molecular formula is C10H20ClNO3. The Morgan fingerprint density at radius 3 is 2.80 bits per heavy atom. The van der Waals surface area contributed by atoms with Gasteiger partial charge in [-0.05, 0) is 6.42 Å². The zero-order valence-corrected chi connectivity index (χ0v) is 10.2. The minimum atomic E-state index is -0.132. The first kappa shape index (κ1) is 14.7. The monoisotopic (exact) mass is 237 g/mol. The predicted octanol–water partition coefficient (Wildman–Crippen LogP) is 1.17. The number of rotatable bonds is 9. The first-order valence-corrected chi connectivity index (χ1v) is 5.61. The van der Waals surface area contributed by atoms with E-state index in [9.17, 15) is 4.79 Å². The molecule has 0 rings (SSSR count). The maximum Gasteiger partial charge on any atom is 0.246 e. The summed E-state index contributed by atoms with van der Waals surface area (Å²) in [5.74, 6) is -0.132. The van der Waals surface area contributed by atoms with Gasteiger partial charge in [0.15, 0.2) is 0 Å². The second-order valence-electron chi connectivity index (χ2n) is 3.24. The van der Waals surface area contributed by atoms with Gasteiger partial charge in [-0.2, -0.15) is 0 Å². The van der Waals surface area contributed by atoms with Crippen LogP contribution in [0.4, 0.5) is 0 Å². The van der Waals surface area contributed by atoms with Crippen LogP contribution in [0, 0.1) is 0 Å². The third kappa shape index (κ3) is 9.97. The molecule has 5 heteroatoms. The Kier molecular flexibility index (Phi) is 9.99. The molecule has 0 aromatic carbocycles. The summed E-state index contributed by atoms with van der Waals surface area (Å²) in [7, 11) is 1.59. The minimum absolute atomic E-state index is 0.0120. The highest BCUT2D eigenvalue weighted by Gasteiger charge is 2.06. The molecule has 15 heavy (non-hydrogen) atoms. The van der Waals surface area contributed by atoms with Crippen molar-refractivity contribution in [3.8, 4) is 0 Å². The number of hydrogen-bond acceptors (Lipinski definition) is 3. The Hall–Kier alpha value is -0.320. The zero-order valence-electron chi connectivity index (χ0n) is 9.42. The molecule has 0 aromatic heterocycles. The summed E-state index contributed by atoms with van der Waals surface area (Å²) >= 11 is 5.93. The fourth-order valence-electron chi connectivity index (χ4n) is 0.998. The van der Waals surface area contributed by atoms with Gasteiger partial charge in [-0.1, -0.05) is 13.3 Å². The largest absolute Gasteiger partial charge is 0.382 e. The van der Waals surface area contributed by atoms with Crippen LogP contribution in [0.5, 0.6) is 0 Å². The number of carbonyl (C=O) groups excluding carboxylic acids is 1. The van der Waals surface area contributed by atoms with Crippen LogP contribution in [-0.2, 0) is 14.3 Å². The van der Waals surface area contributed by atoms with E-state index in [0.29, 0.717) is 19.8 Å². The summed E-state index contributed by atoms with van der Waals surface area (Å²) in [6.45, 7) is 3.57. The van der Waals surface area contributed by atoms with Crippen molar-refractivity contribution in [1.29, 1.82) is 0 Å². The van der Waals surface area contributed by atoms with Crippen LogP contribution in [0.1, 0.15) is 19.8 Å². The van der Waals surface area contributed by atoms with E-state index in [2.05, 4.69) is 12.2 Å². The molecule has 1 unspecified atom stereocenters. The number of carbonyl (C=O) groups is 1. The lowest BCUT2D eigenvalue weighted by atomic mass is 10.2. The van der Waals surface area contributed by atoms with E-state index in [0.717, 1.165) is 12.8 Å². The number of nitrogens with one attached hydrogen (secondary N) is 1. The van der Waals surface area contributed by atoms with Crippen molar-refractivity contribution in [3.63, 3.8) is 0 Å². The van der Waals surface area contributed by atoms with Crippen LogP contribution in [0.15, 0.2) is 0 Å². The Labute approximate surface area is 96.3 Å². The molecule has 0 aliphatic heterocycles. The van der Waals surface area contributed by atoms with E-state index in [1.807, 2.05) is 0 Å². The summed E-state index contributed by atoms with van der Waals surface area (Å²) in [6, 6.07) is 0. The Bertz CT molecular complexity index is 167. The summed E-state index contributed by atoms with van der Waals surface area (Å²) < 4.78 is 9.82. The molecule has 0 saturated carbocycles. The predicted molar refractivity (Wildman–Crippen MR) is 60.3 cm³/mol. The first-order valence-electron chi connectivity index (χ1n) is 5.18. The van der Waals surface area contributed by atoms with Crippen LogP contribution in [-0.4, -0.2) is 44.8 Å². The van der Waals surface area contributed by atoms with Crippen molar-refractivity contribution in [2.75, 3.05) is 33.5 Å². The molecule has 1 amide bonds. The second-order valence-corrected chi connectivity index (χ2v) is 3.85. The van der Waals surface area contributed by atoms with Gasteiger partial charge in [0.25, 0.3) is 0 Å². The normalized spacial score (nSPS) is 12.5. The average Bonchev–Trinajstić information content (AvgIpc) is 2.22. The Balaban J connectivity index is 3.32. The van der Waals surface area contributed by atoms with Crippen molar-refractivity contribution >= 4 is 17.5 Å². The van der Waals surface area contributed by atoms with Gasteiger partial charge in [-0.15, -0.1) is 11.6 Å². The van der Waals surface area contributed by atoms with Gasteiger partial charge >= 0.3 is 0 Å². The highest BCUT2D eigenvalue weighted by atomic mass is 35.5. The van der Waals surface area contributed by atoms with E-state index in [-0.39, 0.29) is 17.9 Å². The minimum Gasteiger partial charge on any atom is -0.382 e. The topological polar surface area (TPSA) is 47.6 Å². The third-order valence-electron chi connectivity index (χ3n) is 1.79. The lowest BCUT2D eigenvalue weighted by Gasteiger charge is -2.09. The molecule has 0 spiro atoms.